The molecule has 0 amide bonds. The van der Waals surface area contributed by atoms with Gasteiger partial charge in [-0.3, -0.25) is 0 Å². The number of sulfonamides is 1. The first kappa shape index (κ1) is 15.9. The van der Waals surface area contributed by atoms with E-state index in [-0.39, 0.29) is 11.8 Å². The molecule has 0 bridgehead atoms. The van der Waals surface area contributed by atoms with Gasteiger partial charge in [0, 0.05) is 31.4 Å². The summed E-state index contributed by atoms with van der Waals surface area (Å²) in [6.45, 7) is 0.625. The third-order valence-corrected chi connectivity index (χ3v) is 6.15. The highest BCUT2D eigenvalue weighted by Gasteiger charge is 2.32. The average molecular weight is 319 g/mol. The number of rotatable bonds is 5. The van der Waals surface area contributed by atoms with E-state index in [9.17, 15) is 8.42 Å². The third kappa shape index (κ3) is 3.57. The average Bonchev–Trinajstić information content (AvgIpc) is 2.69. The van der Waals surface area contributed by atoms with E-state index in [1.165, 1.54) is 0 Å². The second-order valence-corrected chi connectivity index (χ2v) is 7.80. The Balaban J connectivity index is 2.28. The fourth-order valence-corrected chi connectivity index (χ4v) is 4.93. The summed E-state index contributed by atoms with van der Waals surface area (Å²) in [6, 6.07) is 3.97. The van der Waals surface area contributed by atoms with Gasteiger partial charge in [-0.1, -0.05) is 12.8 Å². The van der Waals surface area contributed by atoms with Gasteiger partial charge in [0.05, 0.1) is 11.8 Å². The van der Waals surface area contributed by atoms with Gasteiger partial charge in [-0.05, 0) is 31.4 Å². The molecule has 0 N–H and O–H groups in total. The summed E-state index contributed by atoms with van der Waals surface area (Å²) in [5.41, 5.74) is 1.08. The number of alkyl halides is 1. The van der Waals surface area contributed by atoms with Crippen molar-refractivity contribution in [3.63, 3.8) is 0 Å². The molecule has 1 aromatic rings. The Labute approximate surface area is 126 Å². The van der Waals surface area contributed by atoms with Crippen LogP contribution in [0.3, 0.4) is 0 Å². The molecule has 20 heavy (non-hydrogen) atoms. The molecule has 1 unspecified atom stereocenters. The molecule has 1 aliphatic heterocycles. The van der Waals surface area contributed by atoms with Crippen LogP contribution in [0.25, 0.3) is 0 Å². The van der Waals surface area contributed by atoms with Gasteiger partial charge >= 0.3 is 0 Å². The van der Waals surface area contributed by atoms with Gasteiger partial charge < -0.3 is 4.57 Å². The van der Waals surface area contributed by atoms with Crippen molar-refractivity contribution in [2.75, 3.05) is 18.2 Å². The van der Waals surface area contributed by atoms with Crippen LogP contribution < -0.4 is 0 Å². The van der Waals surface area contributed by atoms with Crippen molar-refractivity contribution >= 4 is 21.6 Å². The highest BCUT2D eigenvalue weighted by atomic mass is 35.5. The Bertz CT molecular complexity index is 527. The van der Waals surface area contributed by atoms with Crippen LogP contribution in [0.5, 0.6) is 0 Å². The number of hydrogen-bond donors (Lipinski definition) is 0. The molecule has 6 heteroatoms. The monoisotopic (exact) mass is 318 g/mol. The summed E-state index contributed by atoms with van der Waals surface area (Å²) in [6.07, 6.45) is 6.52. The van der Waals surface area contributed by atoms with E-state index in [2.05, 4.69) is 0 Å². The number of aryl methyl sites for hydroxylation is 1. The number of hydrogen-bond acceptors (Lipinski definition) is 2. The molecule has 0 aliphatic carbocycles. The lowest BCUT2D eigenvalue weighted by molar-refractivity contribution is 0.318. The Morgan fingerprint density at radius 1 is 1.35 bits per heavy atom. The van der Waals surface area contributed by atoms with Crippen LogP contribution in [-0.2, 0) is 17.1 Å². The zero-order valence-corrected chi connectivity index (χ0v) is 13.5. The summed E-state index contributed by atoms with van der Waals surface area (Å²) < 4.78 is 28.9. The molecule has 0 radical (unpaired) electrons. The molecule has 0 aromatic carbocycles. The molecular weight excluding hydrogens is 296 g/mol. The Morgan fingerprint density at radius 2 is 2.15 bits per heavy atom. The van der Waals surface area contributed by atoms with Crippen LogP contribution in [0.1, 0.15) is 43.8 Å². The molecule has 1 aromatic heterocycles. The molecule has 1 atom stereocenters. The van der Waals surface area contributed by atoms with Gasteiger partial charge in [0.2, 0.25) is 10.0 Å². The van der Waals surface area contributed by atoms with Crippen molar-refractivity contribution < 1.29 is 8.42 Å². The minimum atomic E-state index is -3.23. The maximum atomic E-state index is 12.6. The molecule has 1 aliphatic rings. The fourth-order valence-electron chi connectivity index (χ4n) is 2.88. The first-order valence-corrected chi connectivity index (χ1v) is 9.37. The molecule has 1 fully saturated rings. The van der Waals surface area contributed by atoms with Gasteiger partial charge in [-0.15, -0.1) is 11.6 Å². The minimum Gasteiger partial charge on any atom is -0.353 e. The fraction of sp³-hybridized carbons (Fsp3) is 0.714. The molecule has 0 saturated carbocycles. The molecule has 0 spiro atoms. The van der Waals surface area contributed by atoms with E-state index in [1.807, 2.05) is 29.9 Å². The van der Waals surface area contributed by atoms with Gasteiger partial charge in [0.25, 0.3) is 0 Å². The predicted molar refractivity (Wildman–Crippen MR) is 82.5 cm³/mol. The SMILES string of the molecule is Cn1cccc1C1CCCCCN1S(=O)(=O)CCCCl. The number of aromatic nitrogens is 1. The smallest absolute Gasteiger partial charge is 0.214 e. The van der Waals surface area contributed by atoms with Gasteiger partial charge in [0.15, 0.2) is 0 Å². The summed E-state index contributed by atoms with van der Waals surface area (Å²) in [5, 5.41) is 0. The first-order valence-electron chi connectivity index (χ1n) is 7.23. The van der Waals surface area contributed by atoms with Gasteiger partial charge in [-0.25, -0.2) is 8.42 Å². The highest BCUT2D eigenvalue weighted by Crippen LogP contribution is 2.32. The second-order valence-electron chi connectivity index (χ2n) is 5.38. The Kier molecular flexibility index (Phi) is 5.52. The number of nitrogens with zero attached hydrogens (tertiary/aromatic N) is 2. The third-order valence-electron chi connectivity index (χ3n) is 3.92. The topological polar surface area (TPSA) is 42.3 Å². The molecule has 114 valence electrons. The summed E-state index contributed by atoms with van der Waals surface area (Å²) >= 11 is 5.65. The lowest BCUT2D eigenvalue weighted by atomic mass is 10.1. The van der Waals surface area contributed by atoms with E-state index in [0.29, 0.717) is 18.8 Å². The van der Waals surface area contributed by atoms with Crippen LogP contribution in [0.2, 0.25) is 0 Å². The molecule has 1 saturated heterocycles. The minimum absolute atomic E-state index is 0.0298. The lowest BCUT2D eigenvalue weighted by Crippen LogP contribution is -2.37. The van der Waals surface area contributed by atoms with E-state index in [4.69, 9.17) is 11.6 Å². The van der Waals surface area contributed by atoms with E-state index < -0.39 is 10.0 Å². The van der Waals surface area contributed by atoms with Crippen molar-refractivity contribution in [1.82, 2.24) is 8.87 Å². The normalized spacial score (nSPS) is 21.8. The molecule has 4 nitrogen and oxygen atoms in total. The standard InChI is InChI=1S/C14H23ClN2O2S/c1-16-10-5-8-13(16)14-7-3-2-4-11-17(14)20(18,19)12-6-9-15/h5,8,10,14H,2-4,6-7,9,11-12H2,1H3. The number of halogens is 1. The summed E-state index contributed by atoms with van der Waals surface area (Å²) in [7, 11) is -1.25. The van der Waals surface area contributed by atoms with Crippen LogP contribution in [-0.4, -0.2) is 35.5 Å². The second kappa shape index (κ2) is 6.96. The van der Waals surface area contributed by atoms with Crippen molar-refractivity contribution in [2.24, 2.45) is 7.05 Å². The first-order chi connectivity index (χ1) is 9.56. The zero-order chi connectivity index (χ0) is 14.6. The lowest BCUT2D eigenvalue weighted by Gasteiger charge is -2.29. The molecular formula is C14H23ClN2O2S. The van der Waals surface area contributed by atoms with Gasteiger partial charge in [0.1, 0.15) is 0 Å². The van der Waals surface area contributed by atoms with Crippen LogP contribution in [0.15, 0.2) is 18.3 Å². The predicted octanol–water partition coefficient (Wildman–Crippen LogP) is 2.90. The van der Waals surface area contributed by atoms with Crippen molar-refractivity contribution in [3.8, 4) is 0 Å². The Hall–Kier alpha value is -0.520. The summed E-state index contributed by atoms with van der Waals surface area (Å²) in [4.78, 5) is 0. The van der Waals surface area contributed by atoms with Crippen LogP contribution in [0, 0.1) is 0 Å². The largest absolute Gasteiger partial charge is 0.353 e. The van der Waals surface area contributed by atoms with E-state index in [1.54, 1.807) is 4.31 Å². The van der Waals surface area contributed by atoms with Crippen molar-refractivity contribution in [3.05, 3.63) is 24.0 Å². The zero-order valence-electron chi connectivity index (χ0n) is 12.0. The molecule has 2 rings (SSSR count). The summed E-state index contributed by atoms with van der Waals surface area (Å²) in [5.74, 6) is 0.541. The Morgan fingerprint density at radius 3 is 2.80 bits per heavy atom. The quantitative estimate of drug-likeness (QED) is 0.783. The van der Waals surface area contributed by atoms with Crippen molar-refractivity contribution in [1.29, 1.82) is 0 Å². The molecule has 2 heterocycles. The van der Waals surface area contributed by atoms with Crippen LogP contribution >= 0.6 is 11.6 Å². The van der Waals surface area contributed by atoms with Crippen LogP contribution in [0.4, 0.5) is 0 Å². The highest BCUT2D eigenvalue weighted by molar-refractivity contribution is 7.89. The van der Waals surface area contributed by atoms with E-state index >= 15 is 0 Å². The van der Waals surface area contributed by atoms with Gasteiger partial charge in [-0.2, -0.15) is 4.31 Å². The maximum Gasteiger partial charge on any atom is 0.214 e. The van der Waals surface area contributed by atoms with Crippen molar-refractivity contribution in [2.45, 2.75) is 38.1 Å². The maximum absolute atomic E-state index is 12.6. The van der Waals surface area contributed by atoms with E-state index in [0.717, 1.165) is 31.4 Å².